The smallest absolute Gasteiger partial charge is 0.118 e. The molecule has 0 aliphatic carbocycles. The zero-order chi connectivity index (χ0) is 11.1. The molecule has 0 unspecified atom stereocenters. The van der Waals surface area contributed by atoms with Crippen molar-refractivity contribution in [2.24, 2.45) is 5.10 Å². The summed E-state index contributed by atoms with van der Waals surface area (Å²) in [6.45, 7) is 15.3. The summed E-state index contributed by atoms with van der Waals surface area (Å²) in [6, 6.07) is 0. The molecule has 0 aromatic carbocycles. The molecule has 1 rings (SSSR count). The lowest BCUT2D eigenvalue weighted by molar-refractivity contribution is 0.821. The van der Waals surface area contributed by atoms with Gasteiger partial charge in [-0.15, -0.1) is 0 Å². The van der Waals surface area contributed by atoms with E-state index in [2.05, 4.69) is 37.2 Å². The van der Waals surface area contributed by atoms with Gasteiger partial charge in [0, 0.05) is 6.72 Å². The Hall–Kier alpha value is -1.38. The maximum absolute atomic E-state index is 4.22. The van der Waals surface area contributed by atoms with E-state index in [-0.39, 0.29) is 0 Å². The quantitative estimate of drug-likeness (QED) is 0.678. The van der Waals surface area contributed by atoms with E-state index in [4.69, 9.17) is 0 Å². The SMILES string of the molecule is C=Cc1c(C(C)C)ncn1N=C.CC. The van der Waals surface area contributed by atoms with Crippen molar-refractivity contribution in [1.82, 2.24) is 9.66 Å². The van der Waals surface area contributed by atoms with E-state index in [9.17, 15) is 0 Å². The lowest BCUT2D eigenvalue weighted by Gasteiger charge is -2.02. The zero-order valence-corrected chi connectivity index (χ0v) is 9.49. The second-order valence-corrected chi connectivity index (χ2v) is 2.86. The summed E-state index contributed by atoms with van der Waals surface area (Å²) in [7, 11) is 0. The van der Waals surface area contributed by atoms with E-state index in [1.54, 1.807) is 17.1 Å². The van der Waals surface area contributed by atoms with Crippen LogP contribution in [-0.2, 0) is 0 Å². The van der Waals surface area contributed by atoms with Gasteiger partial charge in [0.05, 0.1) is 11.4 Å². The van der Waals surface area contributed by atoms with Crippen LogP contribution in [0.1, 0.15) is 45.0 Å². The number of hydrogen-bond donors (Lipinski definition) is 0. The van der Waals surface area contributed by atoms with Crippen molar-refractivity contribution >= 4 is 12.8 Å². The predicted octanol–water partition coefficient (Wildman–Crippen LogP) is 3.14. The summed E-state index contributed by atoms with van der Waals surface area (Å²) in [5.41, 5.74) is 1.94. The Balaban J connectivity index is 0.000000791. The number of imidazole rings is 1. The average molecular weight is 193 g/mol. The zero-order valence-electron chi connectivity index (χ0n) is 9.49. The van der Waals surface area contributed by atoms with Crippen molar-refractivity contribution in [2.75, 3.05) is 0 Å². The molecule has 3 heteroatoms. The molecule has 1 aromatic heterocycles. The normalized spacial score (nSPS) is 9.21. The van der Waals surface area contributed by atoms with E-state index in [1.165, 1.54) is 0 Å². The van der Waals surface area contributed by atoms with Crippen molar-refractivity contribution in [3.8, 4) is 0 Å². The fraction of sp³-hybridized carbons (Fsp3) is 0.455. The summed E-state index contributed by atoms with van der Waals surface area (Å²) in [4.78, 5) is 4.22. The molecule has 0 aliphatic rings. The second-order valence-electron chi connectivity index (χ2n) is 2.86. The molecule has 0 N–H and O–H groups in total. The van der Waals surface area contributed by atoms with Crippen LogP contribution in [0.3, 0.4) is 0 Å². The van der Waals surface area contributed by atoms with E-state index in [1.807, 2.05) is 13.8 Å². The van der Waals surface area contributed by atoms with E-state index >= 15 is 0 Å². The lowest BCUT2D eigenvalue weighted by atomic mass is 10.1. The predicted molar refractivity (Wildman–Crippen MR) is 62.7 cm³/mol. The van der Waals surface area contributed by atoms with Crippen LogP contribution in [0.2, 0.25) is 0 Å². The molecule has 0 saturated carbocycles. The maximum Gasteiger partial charge on any atom is 0.118 e. The minimum Gasteiger partial charge on any atom is -0.239 e. The van der Waals surface area contributed by atoms with Crippen LogP contribution in [0.4, 0.5) is 0 Å². The minimum absolute atomic E-state index is 0.390. The van der Waals surface area contributed by atoms with Crippen LogP contribution in [-0.4, -0.2) is 16.4 Å². The number of nitrogens with zero attached hydrogens (tertiary/aromatic N) is 3. The monoisotopic (exact) mass is 193 g/mol. The maximum atomic E-state index is 4.22. The van der Waals surface area contributed by atoms with Gasteiger partial charge in [0.25, 0.3) is 0 Å². The van der Waals surface area contributed by atoms with Gasteiger partial charge in [-0.2, -0.15) is 5.10 Å². The molecule has 0 amide bonds. The minimum atomic E-state index is 0.390. The molecular weight excluding hydrogens is 174 g/mol. The molecule has 14 heavy (non-hydrogen) atoms. The highest BCUT2D eigenvalue weighted by atomic mass is 15.4. The van der Waals surface area contributed by atoms with Crippen molar-refractivity contribution in [3.05, 3.63) is 24.3 Å². The van der Waals surface area contributed by atoms with Gasteiger partial charge in [-0.05, 0) is 12.0 Å². The van der Waals surface area contributed by atoms with Crippen LogP contribution in [0, 0.1) is 0 Å². The first-order chi connectivity index (χ1) is 6.70. The lowest BCUT2D eigenvalue weighted by Crippen LogP contribution is -1.93. The molecule has 1 aromatic rings. The largest absolute Gasteiger partial charge is 0.239 e. The topological polar surface area (TPSA) is 30.2 Å². The molecule has 0 radical (unpaired) electrons. The Morgan fingerprint density at radius 1 is 1.50 bits per heavy atom. The highest BCUT2D eigenvalue weighted by Crippen LogP contribution is 2.18. The van der Waals surface area contributed by atoms with Gasteiger partial charge in [0.2, 0.25) is 0 Å². The first kappa shape index (κ1) is 12.6. The van der Waals surface area contributed by atoms with Gasteiger partial charge >= 0.3 is 0 Å². The summed E-state index contributed by atoms with van der Waals surface area (Å²) in [5.74, 6) is 0.390. The first-order valence-electron chi connectivity index (χ1n) is 4.87. The summed E-state index contributed by atoms with van der Waals surface area (Å²) < 4.78 is 1.63. The van der Waals surface area contributed by atoms with Gasteiger partial charge < -0.3 is 0 Å². The van der Waals surface area contributed by atoms with Crippen LogP contribution < -0.4 is 0 Å². The summed E-state index contributed by atoms with van der Waals surface area (Å²) in [5, 5.41) is 3.78. The summed E-state index contributed by atoms with van der Waals surface area (Å²) >= 11 is 0. The van der Waals surface area contributed by atoms with Crippen LogP contribution in [0.25, 0.3) is 6.08 Å². The second kappa shape index (κ2) is 6.13. The average Bonchev–Trinajstić information content (AvgIpc) is 2.63. The number of rotatable bonds is 3. The molecule has 0 fully saturated rings. The van der Waals surface area contributed by atoms with Crippen LogP contribution in [0.15, 0.2) is 18.0 Å². The third-order valence-corrected chi connectivity index (χ3v) is 1.71. The highest BCUT2D eigenvalue weighted by Gasteiger charge is 2.09. The Labute approximate surface area is 86.2 Å². The highest BCUT2D eigenvalue weighted by molar-refractivity contribution is 5.47. The van der Waals surface area contributed by atoms with Gasteiger partial charge in [0.15, 0.2) is 0 Å². The Morgan fingerprint density at radius 2 is 2.07 bits per heavy atom. The third-order valence-electron chi connectivity index (χ3n) is 1.71. The molecule has 0 bridgehead atoms. The molecule has 3 nitrogen and oxygen atoms in total. The van der Waals surface area contributed by atoms with Crippen molar-refractivity contribution in [3.63, 3.8) is 0 Å². The van der Waals surface area contributed by atoms with Crippen molar-refractivity contribution in [1.29, 1.82) is 0 Å². The van der Waals surface area contributed by atoms with Gasteiger partial charge in [-0.25, -0.2) is 9.66 Å². The fourth-order valence-corrected chi connectivity index (χ4v) is 1.12. The van der Waals surface area contributed by atoms with Gasteiger partial charge in [-0.3, -0.25) is 0 Å². The van der Waals surface area contributed by atoms with Crippen molar-refractivity contribution in [2.45, 2.75) is 33.6 Å². The van der Waals surface area contributed by atoms with E-state index in [0.29, 0.717) is 5.92 Å². The Bertz CT molecular complexity index is 297. The van der Waals surface area contributed by atoms with Gasteiger partial charge in [-0.1, -0.05) is 34.3 Å². The Morgan fingerprint density at radius 3 is 2.43 bits per heavy atom. The summed E-state index contributed by atoms with van der Waals surface area (Å²) in [6.07, 6.45) is 3.40. The molecule has 0 saturated heterocycles. The van der Waals surface area contributed by atoms with Crippen LogP contribution >= 0.6 is 0 Å². The van der Waals surface area contributed by atoms with Crippen molar-refractivity contribution < 1.29 is 0 Å². The van der Waals surface area contributed by atoms with E-state index in [0.717, 1.165) is 11.4 Å². The van der Waals surface area contributed by atoms with E-state index < -0.39 is 0 Å². The molecule has 0 spiro atoms. The standard InChI is InChI=1S/C9H13N3.C2H6/c1-5-8-9(7(2)3)11-6-12(8)10-4;1-2/h5-7H,1,4H2,2-3H3;1-2H3. The number of hydrogen-bond acceptors (Lipinski definition) is 2. The third kappa shape index (κ3) is 2.55. The molecule has 0 atom stereocenters. The van der Waals surface area contributed by atoms with Crippen LogP contribution in [0.5, 0.6) is 0 Å². The van der Waals surface area contributed by atoms with Gasteiger partial charge in [0.1, 0.15) is 6.33 Å². The molecule has 78 valence electrons. The molecule has 0 aliphatic heterocycles. The molecule has 1 heterocycles. The Kier molecular flexibility index (Phi) is 5.53. The number of aromatic nitrogens is 2. The fourth-order valence-electron chi connectivity index (χ4n) is 1.12. The first-order valence-corrected chi connectivity index (χ1v) is 4.87. The molecular formula is C11H19N3.